The van der Waals surface area contributed by atoms with Gasteiger partial charge in [0.05, 0.1) is 9.95 Å². The number of nitrogens with two attached hydrogens (primary N) is 1. The average molecular weight is 334 g/mol. The lowest BCUT2D eigenvalue weighted by molar-refractivity contribution is -0.385. The molecule has 2 unspecified atom stereocenters. The predicted octanol–water partition coefficient (Wildman–Crippen LogP) is 1.61. The molecule has 0 radical (unpaired) electrons. The van der Waals surface area contributed by atoms with Crippen LogP contribution in [-0.4, -0.2) is 36.8 Å². The molecule has 0 spiro atoms. The third-order valence-corrected chi connectivity index (χ3v) is 6.11. The van der Waals surface area contributed by atoms with Crippen LogP contribution in [0.15, 0.2) is 23.1 Å². The predicted molar refractivity (Wildman–Crippen MR) is 78.6 cm³/mol. The lowest BCUT2D eigenvalue weighted by atomic mass is 10.1. The van der Waals surface area contributed by atoms with Crippen molar-refractivity contribution in [3.8, 4) is 0 Å². The van der Waals surface area contributed by atoms with Crippen LogP contribution >= 0.6 is 11.6 Å². The summed E-state index contributed by atoms with van der Waals surface area (Å²) >= 11 is 5.93. The Morgan fingerprint density at radius 2 is 2.19 bits per heavy atom. The van der Waals surface area contributed by atoms with Gasteiger partial charge >= 0.3 is 0 Å². The third-order valence-electron chi connectivity index (χ3n) is 3.65. The van der Waals surface area contributed by atoms with Gasteiger partial charge in [-0.15, -0.1) is 0 Å². The number of sulfonamides is 1. The SMILES string of the molecule is CC1CC(CN)CN1S(=O)(=O)c1cc([N+](=O)[O-])ccc1Cl. The highest BCUT2D eigenvalue weighted by Crippen LogP contribution is 2.33. The van der Waals surface area contributed by atoms with E-state index >= 15 is 0 Å². The molecule has 1 aromatic carbocycles. The van der Waals surface area contributed by atoms with Crippen molar-refractivity contribution in [3.05, 3.63) is 33.3 Å². The maximum absolute atomic E-state index is 12.7. The molecule has 1 saturated heterocycles. The van der Waals surface area contributed by atoms with Crippen molar-refractivity contribution in [1.82, 2.24) is 4.31 Å². The first-order valence-electron chi connectivity index (χ1n) is 6.43. The number of benzene rings is 1. The van der Waals surface area contributed by atoms with Crippen LogP contribution in [0.2, 0.25) is 5.02 Å². The van der Waals surface area contributed by atoms with Gasteiger partial charge in [-0.3, -0.25) is 10.1 Å². The van der Waals surface area contributed by atoms with Crippen molar-refractivity contribution in [2.75, 3.05) is 13.1 Å². The smallest absolute Gasteiger partial charge is 0.270 e. The molecule has 1 fully saturated rings. The average Bonchev–Trinajstić information content (AvgIpc) is 2.80. The highest BCUT2D eigenvalue weighted by atomic mass is 35.5. The van der Waals surface area contributed by atoms with Crippen LogP contribution in [-0.2, 0) is 10.0 Å². The molecule has 2 rings (SSSR count). The topological polar surface area (TPSA) is 107 Å². The molecule has 2 N–H and O–H groups in total. The van der Waals surface area contributed by atoms with E-state index in [0.29, 0.717) is 19.5 Å². The third kappa shape index (κ3) is 3.03. The van der Waals surface area contributed by atoms with Crippen molar-refractivity contribution in [3.63, 3.8) is 0 Å². The Morgan fingerprint density at radius 3 is 2.71 bits per heavy atom. The molecule has 0 saturated carbocycles. The molecule has 1 aliphatic heterocycles. The van der Waals surface area contributed by atoms with Crippen LogP contribution in [0.25, 0.3) is 0 Å². The number of hydrogen-bond acceptors (Lipinski definition) is 5. The summed E-state index contributed by atoms with van der Waals surface area (Å²) in [4.78, 5) is 9.93. The molecule has 0 aromatic heterocycles. The normalized spacial score (nSPS) is 23.4. The monoisotopic (exact) mass is 333 g/mol. The van der Waals surface area contributed by atoms with Gasteiger partial charge in [0.1, 0.15) is 4.90 Å². The Bertz CT molecular complexity index is 664. The van der Waals surface area contributed by atoms with Gasteiger partial charge in [0.25, 0.3) is 5.69 Å². The van der Waals surface area contributed by atoms with Crippen LogP contribution in [0.3, 0.4) is 0 Å². The fourth-order valence-corrected chi connectivity index (χ4v) is 4.76. The van der Waals surface area contributed by atoms with Gasteiger partial charge in [-0.2, -0.15) is 4.31 Å². The molecule has 7 nitrogen and oxygen atoms in total. The van der Waals surface area contributed by atoms with Crippen molar-refractivity contribution < 1.29 is 13.3 Å². The lowest BCUT2D eigenvalue weighted by Crippen LogP contribution is -2.34. The van der Waals surface area contributed by atoms with Crippen molar-refractivity contribution in [2.24, 2.45) is 11.7 Å². The molecular weight excluding hydrogens is 318 g/mol. The van der Waals surface area contributed by atoms with Crippen molar-refractivity contribution >= 4 is 27.3 Å². The summed E-state index contributed by atoms with van der Waals surface area (Å²) in [7, 11) is -3.88. The number of hydrogen-bond donors (Lipinski definition) is 1. The number of nitrogens with zero attached hydrogens (tertiary/aromatic N) is 2. The molecule has 1 aromatic rings. The highest BCUT2D eigenvalue weighted by Gasteiger charge is 2.38. The molecule has 0 aliphatic carbocycles. The van der Waals surface area contributed by atoms with Gasteiger partial charge < -0.3 is 5.73 Å². The second-order valence-electron chi connectivity index (χ2n) is 5.13. The van der Waals surface area contributed by atoms with Crippen LogP contribution in [0.4, 0.5) is 5.69 Å². The van der Waals surface area contributed by atoms with E-state index in [9.17, 15) is 18.5 Å². The van der Waals surface area contributed by atoms with Gasteiger partial charge in [-0.1, -0.05) is 11.6 Å². The van der Waals surface area contributed by atoms with E-state index in [4.69, 9.17) is 17.3 Å². The largest absolute Gasteiger partial charge is 0.330 e. The number of halogens is 1. The molecule has 1 heterocycles. The summed E-state index contributed by atoms with van der Waals surface area (Å²) in [6.45, 7) is 2.50. The number of nitro groups is 1. The minimum absolute atomic E-state index is 0.0241. The van der Waals surface area contributed by atoms with Crippen LogP contribution < -0.4 is 5.73 Å². The number of non-ortho nitro benzene ring substituents is 1. The Morgan fingerprint density at radius 1 is 1.52 bits per heavy atom. The molecule has 0 bridgehead atoms. The lowest BCUT2D eigenvalue weighted by Gasteiger charge is -2.21. The molecule has 116 valence electrons. The maximum atomic E-state index is 12.7. The summed E-state index contributed by atoms with van der Waals surface area (Å²) in [6.07, 6.45) is 0.669. The molecule has 9 heteroatoms. The van der Waals surface area contributed by atoms with Crippen LogP contribution in [0.1, 0.15) is 13.3 Å². The van der Waals surface area contributed by atoms with Crippen molar-refractivity contribution in [1.29, 1.82) is 0 Å². The summed E-state index contributed by atoms with van der Waals surface area (Å²) < 4.78 is 26.7. The number of nitro benzene ring substituents is 1. The maximum Gasteiger partial charge on any atom is 0.270 e. The van der Waals surface area contributed by atoms with Crippen LogP contribution in [0, 0.1) is 16.0 Å². The van der Waals surface area contributed by atoms with Gasteiger partial charge in [0.15, 0.2) is 0 Å². The summed E-state index contributed by atoms with van der Waals surface area (Å²) in [5.74, 6) is 0.0900. The second kappa shape index (κ2) is 5.88. The van der Waals surface area contributed by atoms with Gasteiger partial charge in [-0.25, -0.2) is 8.42 Å². The summed E-state index contributed by atoms with van der Waals surface area (Å²) in [5, 5.41) is 10.8. The van der Waals surface area contributed by atoms with Crippen LogP contribution in [0.5, 0.6) is 0 Å². The van der Waals surface area contributed by atoms with E-state index in [1.54, 1.807) is 6.92 Å². The van der Waals surface area contributed by atoms with Crippen molar-refractivity contribution in [2.45, 2.75) is 24.3 Å². The molecule has 0 amide bonds. The first-order valence-corrected chi connectivity index (χ1v) is 8.25. The Hall–Kier alpha value is -1.22. The van der Waals surface area contributed by atoms with E-state index in [-0.39, 0.29) is 27.6 Å². The first kappa shape index (κ1) is 16.2. The summed E-state index contributed by atoms with van der Waals surface area (Å²) in [6, 6.07) is 3.20. The highest BCUT2D eigenvalue weighted by molar-refractivity contribution is 7.89. The molecule has 21 heavy (non-hydrogen) atoms. The Kier molecular flexibility index (Phi) is 4.52. The first-order chi connectivity index (χ1) is 9.77. The van der Waals surface area contributed by atoms with E-state index in [1.165, 1.54) is 16.4 Å². The molecule has 2 atom stereocenters. The zero-order chi connectivity index (χ0) is 15.8. The van der Waals surface area contributed by atoms with E-state index < -0.39 is 14.9 Å². The number of rotatable bonds is 4. The van der Waals surface area contributed by atoms with Gasteiger partial charge in [0.2, 0.25) is 10.0 Å². The van der Waals surface area contributed by atoms with E-state index in [2.05, 4.69) is 0 Å². The zero-order valence-corrected chi connectivity index (χ0v) is 13.0. The minimum atomic E-state index is -3.88. The Balaban J connectivity index is 2.45. The van der Waals surface area contributed by atoms with E-state index in [1.807, 2.05) is 0 Å². The summed E-state index contributed by atoms with van der Waals surface area (Å²) in [5.41, 5.74) is 5.29. The standard InChI is InChI=1S/C12H16ClN3O4S/c1-8-4-9(6-14)7-15(8)21(19,20)12-5-10(16(17)18)2-3-11(12)13/h2-3,5,8-9H,4,6-7,14H2,1H3. The quantitative estimate of drug-likeness (QED) is 0.665. The zero-order valence-electron chi connectivity index (χ0n) is 11.4. The fourth-order valence-electron chi connectivity index (χ4n) is 2.54. The second-order valence-corrected chi connectivity index (χ2v) is 7.40. The minimum Gasteiger partial charge on any atom is -0.330 e. The fraction of sp³-hybridized carbons (Fsp3) is 0.500. The van der Waals surface area contributed by atoms with E-state index in [0.717, 1.165) is 6.07 Å². The molecule has 1 aliphatic rings. The van der Waals surface area contributed by atoms with Gasteiger partial charge in [-0.05, 0) is 31.9 Å². The molecular formula is C12H16ClN3O4S. The van der Waals surface area contributed by atoms with Gasteiger partial charge in [0, 0.05) is 24.7 Å². The Labute approximate surface area is 127 Å².